The number of nitrogens with one attached hydrogen (secondary N) is 2. The number of hydrogen-bond donors (Lipinski definition) is 3. The standard InChI is InChI=1S/C15H17N7/c16-21-13-12-6-9-22(11-2-1-3-11)14(12)20-15(19-13)18-10-4-7-17-8-5-10/h4-9,11H,1-3,16H2,(H2,17,18,19,20,21). The largest absolute Gasteiger partial charge is 0.329 e. The number of anilines is 3. The predicted octanol–water partition coefficient (Wildman–Crippen LogP) is 2.58. The number of rotatable bonds is 4. The molecular weight excluding hydrogens is 278 g/mol. The summed E-state index contributed by atoms with van der Waals surface area (Å²) in [7, 11) is 0. The molecular formula is C15H17N7. The molecule has 0 aliphatic heterocycles. The summed E-state index contributed by atoms with van der Waals surface area (Å²) in [5, 5.41) is 4.13. The van der Waals surface area contributed by atoms with Crippen LogP contribution >= 0.6 is 0 Å². The van der Waals surface area contributed by atoms with E-state index >= 15 is 0 Å². The molecule has 7 heteroatoms. The van der Waals surface area contributed by atoms with E-state index in [4.69, 9.17) is 5.84 Å². The van der Waals surface area contributed by atoms with Crippen molar-refractivity contribution in [3.63, 3.8) is 0 Å². The second-order valence-electron chi connectivity index (χ2n) is 5.45. The topological polar surface area (TPSA) is 93.7 Å². The third kappa shape index (κ3) is 2.15. The Balaban J connectivity index is 1.78. The van der Waals surface area contributed by atoms with Gasteiger partial charge in [0.15, 0.2) is 5.82 Å². The fourth-order valence-corrected chi connectivity index (χ4v) is 2.72. The van der Waals surface area contributed by atoms with Crippen LogP contribution in [-0.4, -0.2) is 19.5 Å². The molecule has 0 radical (unpaired) electrons. The van der Waals surface area contributed by atoms with Gasteiger partial charge < -0.3 is 15.3 Å². The maximum absolute atomic E-state index is 5.62. The Kier molecular flexibility index (Phi) is 3.12. The second-order valence-corrected chi connectivity index (χ2v) is 5.45. The Labute approximate surface area is 127 Å². The molecule has 0 spiro atoms. The molecule has 1 aliphatic rings. The number of nitrogens with zero attached hydrogens (tertiary/aromatic N) is 4. The summed E-state index contributed by atoms with van der Waals surface area (Å²) in [5.41, 5.74) is 4.46. The van der Waals surface area contributed by atoms with Gasteiger partial charge in [-0.2, -0.15) is 9.97 Å². The van der Waals surface area contributed by atoms with Crippen LogP contribution in [0, 0.1) is 0 Å². The van der Waals surface area contributed by atoms with Gasteiger partial charge in [0, 0.05) is 30.3 Å². The van der Waals surface area contributed by atoms with Gasteiger partial charge in [-0.25, -0.2) is 5.84 Å². The molecule has 3 aromatic heterocycles. The minimum Gasteiger partial charge on any atom is -0.329 e. The van der Waals surface area contributed by atoms with Gasteiger partial charge in [0.2, 0.25) is 5.95 Å². The van der Waals surface area contributed by atoms with E-state index in [2.05, 4.69) is 36.5 Å². The first kappa shape index (κ1) is 13.0. The molecule has 0 amide bonds. The van der Waals surface area contributed by atoms with Crippen molar-refractivity contribution in [3.05, 3.63) is 36.8 Å². The van der Waals surface area contributed by atoms with Crippen molar-refractivity contribution in [2.24, 2.45) is 5.84 Å². The molecule has 7 nitrogen and oxygen atoms in total. The Bertz CT molecular complexity index is 792. The smallest absolute Gasteiger partial charge is 0.231 e. The van der Waals surface area contributed by atoms with E-state index in [1.807, 2.05) is 18.2 Å². The van der Waals surface area contributed by atoms with Gasteiger partial charge in [-0.15, -0.1) is 0 Å². The van der Waals surface area contributed by atoms with Gasteiger partial charge in [-0.05, 0) is 37.5 Å². The molecule has 3 aromatic rings. The highest BCUT2D eigenvalue weighted by atomic mass is 15.3. The Hall–Kier alpha value is -2.67. The Morgan fingerprint density at radius 1 is 1.14 bits per heavy atom. The van der Waals surface area contributed by atoms with Crippen LogP contribution in [0.3, 0.4) is 0 Å². The van der Waals surface area contributed by atoms with E-state index in [-0.39, 0.29) is 0 Å². The van der Waals surface area contributed by atoms with E-state index in [1.165, 1.54) is 19.3 Å². The maximum atomic E-state index is 5.62. The first-order valence-corrected chi connectivity index (χ1v) is 7.37. The van der Waals surface area contributed by atoms with Crippen molar-refractivity contribution in [1.29, 1.82) is 0 Å². The SMILES string of the molecule is NNc1nc(Nc2ccncc2)nc2c1ccn2C1CCC1. The first-order chi connectivity index (χ1) is 10.8. The molecule has 3 heterocycles. The molecule has 0 bridgehead atoms. The monoisotopic (exact) mass is 295 g/mol. The number of nitrogens with two attached hydrogens (primary N) is 1. The first-order valence-electron chi connectivity index (χ1n) is 7.37. The summed E-state index contributed by atoms with van der Waals surface area (Å²) < 4.78 is 2.22. The third-order valence-electron chi connectivity index (χ3n) is 4.11. The molecule has 22 heavy (non-hydrogen) atoms. The summed E-state index contributed by atoms with van der Waals surface area (Å²) in [6.45, 7) is 0. The predicted molar refractivity (Wildman–Crippen MR) is 85.7 cm³/mol. The van der Waals surface area contributed by atoms with Crippen molar-refractivity contribution in [3.8, 4) is 0 Å². The lowest BCUT2D eigenvalue weighted by Crippen LogP contribution is -2.17. The van der Waals surface area contributed by atoms with Crippen molar-refractivity contribution < 1.29 is 0 Å². The van der Waals surface area contributed by atoms with Crippen molar-refractivity contribution >= 4 is 28.5 Å². The highest BCUT2D eigenvalue weighted by molar-refractivity contribution is 5.88. The zero-order valence-electron chi connectivity index (χ0n) is 12.0. The highest BCUT2D eigenvalue weighted by Crippen LogP contribution is 2.35. The van der Waals surface area contributed by atoms with E-state index in [9.17, 15) is 0 Å². The summed E-state index contributed by atoms with van der Waals surface area (Å²) in [5.74, 6) is 6.77. The van der Waals surface area contributed by atoms with Crippen LogP contribution in [0.1, 0.15) is 25.3 Å². The van der Waals surface area contributed by atoms with E-state index in [0.717, 1.165) is 16.7 Å². The third-order valence-corrected chi connectivity index (χ3v) is 4.11. The molecule has 112 valence electrons. The molecule has 1 saturated carbocycles. The summed E-state index contributed by atoms with van der Waals surface area (Å²) in [6.07, 6.45) is 9.19. The molecule has 4 rings (SSSR count). The number of pyridine rings is 1. The zero-order chi connectivity index (χ0) is 14.9. The average Bonchev–Trinajstić information content (AvgIpc) is 2.90. The van der Waals surface area contributed by atoms with Crippen molar-refractivity contribution in [1.82, 2.24) is 19.5 Å². The van der Waals surface area contributed by atoms with E-state index in [0.29, 0.717) is 17.8 Å². The van der Waals surface area contributed by atoms with Gasteiger partial charge >= 0.3 is 0 Å². The summed E-state index contributed by atoms with van der Waals surface area (Å²) in [6, 6.07) is 6.29. The van der Waals surface area contributed by atoms with Gasteiger partial charge in [0.05, 0.1) is 5.39 Å². The van der Waals surface area contributed by atoms with Crippen LogP contribution in [0.25, 0.3) is 11.0 Å². The fourth-order valence-electron chi connectivity index (χ4n) is 2.72. The highest BCUT2D eigenvalue weighted by Gasteiger charge is 2.22. The summed E-state index contributed by atoms with van der Waals surface area (Å²) in [4.78, 5) is 13.1. The number of hydrogen-bond acceptors (Lipinski definition) is 6. The summed E-state index contributed by atoms with van der Waals surface area (Å²) >= 11 is 0. The maximum Gasteiger partial charge on any atom is 0.231 e. The Morgan fingerprint density at radius 3 is 2.64 bits per heavy atom. The number of nitrogen functional groups attached to an aromatic ring is 1. The molecule has 0 unspecified atom stereocenters. The molecule has 0 aromatic carbocycles. The van der Waals surface area contributed by atoms with Crippen LogP contribution in [0.5, 0.6) is 0 Å². The minimum absolute atomic E-state index is 0.519. The quantitative estimate of drug-likeness (QED) is 0.506. The second kappa shape index (κ2) is 5.27. The van der Waals surface area contributed by atoms with Crippen LogP contribution < -0.4 is 16.6 Å². The van der Waals surface area contributed by atoms with Crippen molar-refractivity contribution in [2.75, 3.05) is 10.7 Å². The fraction of sp³-hybridized carbons (Fsp3) is 0.267. The normalized spacial score (nSPS) is 14.8. The molecule has 0 saturated heterocycles. The molecule has 0 atom stereocenters. The van der Waals surface area contributed by atoms with Crippen LogP contribution in [-0.2, 0) is 0 Å². The average molecular weight is 295 g/mol. The lowest BCUT2D eigenvalue weighted by atomic mass is 9.93. The van der Waals surface area contributed by atoms with Crippen molar-refractivity contribution in [2.45, 2.75) is 25.3 Å². The number of fused-ring (bicyclic) bond motifs is 1. The van der Waals surface area contributed by atoms with Crippen LogP contribution in [0.4, 0.5) is 17.5 Å². The van der Waals surface area contributed by atoms with Gasteiger partial charge in [-0.1, -0.05) is 0 Å². The molecule has 1 aliphatic carbocycles. The van der Waals surface area contributed by atoms with Gasteiger partial charge in [-0.3, -0.25) is 4.98 Å². The molecule has 1 fully saturated rings. The number of aromatic nitrogens is 4. The Morgan fingerprint density at radius 2 is 1.95 bits per heavy atom. The van der Waals surface area contributed by atoms with Crippen LogP contribution in [0.15, 0.2) is 36.8 Å². The lowest BCUT2D eigenvalue weighted by Gasteiger charge is -2.27. The van der Waals surface area contributed by atoms with Gasteiger partial charge in [0.25, 0.3) is 0 Å². The molecule has 4 N–H and O–H groups in total. The van der Waals surface area contributed by atoms with E-state index < -0.39 is 0 Å². The van der Waals surface area contributed by atoms with E-state index in [1.54, 1.807) is 12.4 Å². The van der Waals surface area contributed by atoms with Crippen LogP contribution in [0.2, 0.25) is 0 Å². The lowest BCUT2D eigenvalue weighted by molar-refractivity contribution is 0.320. The number of hydrazine groups is 1. The van der Waals surface area contributed by atoms with Gasteiger partial charge in [0.1, 0.15) is 5.65 Å². The zero-order valence-corrected chi connectivity index (χ0v) is 12.0. The minimum atomic E-state index is 0.519.